The smallest absolute Gasteiger partial charge is 0.247 e. The summed E-state index contributed by atoms with van der Waals surface area (Å²) in [6.07, 6.45) is 8.39. The number of hydrogen-bond donors (Lipinski definition) is 0. The van der Waals surface area contributed by atoms with E-state index in [1.165, 1.54) is 0 Å². The van der Waals surface area contributed by atoms with Crippen LogP contribution in [0.3, 0.4) is 0 Å². The number of nitriles is 1. The second-order valence-corrected chi connectivity index (χ2v) is 7.50. The van der Waals surface area contributed by atoms with Crippen LogP contribution in [0, 0.1) is 17.2 Å². The molecule has 2 aromatic rings. The average molecular weight is 349 g/mol. The van der Waals surface area contributed by atoms with Crippen LogP contribution in [0.1, 0.15) is 45.6 Å². The van der Waals surface area contributed by atoms with Gasteiger partial charge in [-0.25, -0.2) is 0 Å². The molecule has 4 nitrogen and oxygen atoms in total. The highest BCUT2D eigenvalue weighted by Gasteiger charge is 2.35. The van der Waals surface area contributed by atoms with E-state index in [9.17, 15) is 4.79 Å². The van der Waals surface area contributed by atoms with Gasteiger partial charge in [0.05, 0.1) is 12.5 Å². The van der Waals surface area contributed by atoms with E-state index in [-0.39, 0.29) is 11.9 Å². The van der Waals surface area contributed by atoms with Gasteiger partial charge in [-0.15, -0.1) is 0 Å². The van der Waals surface area contributed by atoms with Gasteiger partial charge in [0.1, 0.15) is 0 Å². The number of hydrogen-bond acceptors (Lipinski definition) is 2. The summed E-state index contributed by atoms with van der Waals surface area (Å²) in [5.41, 5.74) is 2.13. The summed E-state index contributed by atoms with van der Waals surface area (Å²) in [6, 6.07) is 11.0. The standard InChI is InChI=1S/C22H27N3O/c1-16(2)17(3)25(19-10-11-19)22(26)12-9-18-15-24(14-6-13-23)21-8-5-4-7-20(18)21/h4-5,7-9,12,15-17,19H,6,10-11,14H2,1-3H3. The van der Waals surface area contributed by atoms with Crippen molar-refractivity contribution >= 4 is 22.9 Å². The summed E-state index contributed by atoms with van der Waals surface area (Å²) in [7, 11) is 0. The van der Waals surface area contributed by atoms with Gasteiger partial charge in [-0.05, 0) is 37.8 Å². The van der Waals surface area contributed by atoms with Gasteiger partial charge in [0.2, 0.25) is 5.91 Å². The number of carbonyl (C=O) groups is 1. The molecule has 0 spiro atoms. The van der Waals surface area contributed by atoms with Gasteiger partial charge in [0.25, 0.3) is 0 Å². The maximum absolute atomic E-state index is 12.8. The maximum atomic E-state index is 12.8. The normalized spacial score (nSPS) is 15.5. The van der Waals surface area contributed by atoms with Crippen molar-refractivity contribution in [3.63, 3.8) is 0 Å². The second kappa shape index (κ2) is 7.78. The van der Waals surface area contributed by atoms with Crippen molar-refractivity contribution in [3.8, 4) is 6.07 Å². The van der Waals surface area contributed by atoms with Crippen LogP contribution in [0.4, 0.5) is 0 Å². The number of benzene rings is 1. The molecule has 1 aromatic carbocycles. The van der Waals surface area contributed by atoms with Crippen molar-refractivity contribution in [1.82, 2.24) is 9.47 Å². The number of carbonyl (C=O) groups excluding carboxylic acids is 1. The molecule has 1 unspecified atom stereocenters. The Morgan fingerprint density at radius 3 is 2.73 bits per heavy atom. The van der Waals surface area contributed by atoms with E-state index in [2.05, 4.69) is 48.4 Å². The minimum atomic E-state index is 0.0996. The van der Waals surface area contributed by atoms with E-state index < -0.39 is 0 Å². The van der Waals surface area contributed by atoms with Crippen LogP contribution in [-0.2, 0) is 11.3 Å². The molecule has 1 heterocycles. The fraction of sp³-hybridized carbons (Fsp3) is 0.455. The van der Waals surface area contributed by atoms with Crippen molar-refractivity contribution in [2.24, 2.45) is 5.92 Å². The molecular weight excluding hydrogens is 322 g/mol. The largest absolute Gasteiger partial charge is 0.346 e. The molecule has 1 aliphatic rings. The third kappa shape index (κ3) is 3.83. The summed E-state index contributed by atoms with van der Waals surface area (Å²) in [5.74, 6) is 0.545. The molecule has 0 N–H and O–H groups in total. The molecule has 3 rings (SSSR count). The van der Waals surface area contributed by atoms with E-state index in [4.69, 9.17) is 5.26 Å². The monoisotopic (exact) mass is 349 g/mol. The quantitative estimate of drug-likeness (QED) is 0.686. The van der Waals surface area contributed by atoms with Crippen LogP contribution in [0.5, 0.6) is 0 Å². The number of rotatable bonds is 7. The molecule has 0 bridgehead atoms. The summed E-state index contributed by atoms with van der Waals surface area (Å²) >= 11 is 0. The Morgan fingerprint density at radius 2 is 2.08 bits per heavy atom. The van der Waals surface area contributed by atoms with Gasteiger partial charge in [0.15, 0.2) is 0 Å². The summed E-state index contributed by atoms with van der Waals surface area (Å²) in [4.78, 5) is 14.9. The van der Waals surface area contributed by atoms with E-state index in [1.807, 2.05) is 24.4 Å². The van der Waals surface area contributed by atoms with Crippen LogP contribution in [0.25, 0.3) is 17.0 Å². The number of amides is 1. The zero-order chi connectivity index (χ0) is 18.7. The SMILES string of the molecule is CC(C)C(C)N(C(=O)C=Cc1cn(CCC#N)c2ccccc12)C1CC1. The third-order valence-electron chi connectivity index (χ3n) is 5.29. The van der Waals surface area contributed by atoms with E-state index >= 15 is 0 Å². The highest BCUT2D eigenvalue weighted by atomic mass is 16.2. The van der Waals surface area contributed by atoms with Crippen LogP contribution in [-0.4, -0.2) is 27.5 Å². The van der Waals surface area contributed by atoms with Crippen LogP contribution < -0.4 is 0 Å². The van der Waals surface area contributed by atoms with Crippen LogP contribution in [0.15, 0.2) is 36.5 Å². The Labute approximate surface area is 155 Å². The Hall–Kier alpha value is -2.54. The van der Waals surface area contributed by atoms with Gasteiger partial charge in [-0.2, -0.15) is 5.26 Å². The predicted molar refractivity (Wildman–Crippen MR) is 105 cm³/mol. The molecule has 0 saturated heterocycles. The topological polar surface area (TPSA) is 49.0 Å². The number of fused-ring (bicyclic) bond motifs is 1. The summed E-state index contributed by atoms with van der Waals surface area (Å²) in [6.45, 7) is 7.14. The van der Waals surface area contributed by atoms with Crippen molar-refractivity contribution in [3.05, 3.63) is 42.1 Å². The van der Waals surface area contributed by atoms with Gasteiger partial charge in [-0.3, -0.25) is 4.79 Å². The predicted octanol–water partition coefficient (Wildman–Crippen LogP) is 4.60. The van der Waals surface area contributed by atoms with Gasteiger partial charge in [-0.1, -0.05) is 32.0 Å². The first-order valence-electron chi connectivity index (χ1n) is 9.48. The van der Waals surface area contributed by atoms with E-state index in [0.717, 1.165) is 29.3 Å². The number of aromatic nitrogens is 1. The second-order valence-electron chi connectivity index (χ2n) is 7.50. The average Bonchev–Trinajstić information content (AvgIpc) is 3.40. The molecule has 0 radical (unpaired) electrons. The molecule has 0 aliphatic heterocycles. The van der Waals surface area contributed by atoms with Crippen molar-refractivity contribution in [2.75, 3.05) is 0 Å². The van der Waals surface area contributed by atoms with Crippen molar-refractivity contribution in [2.45, 2.75) is 58.7 Å². The minimum Gasteiger partial charge on any atom is -0.346 e. The third-order valence-corrected chi connectivity index (χ3v) is 5.29. The van der Waals surface area contributed by atoms with Crippen LogP contribution >= 0.6 is 0 Å². The molecule has 4 heteroatoms. The molecule has 136 valence electrons. The Kier molecular flexibility index (Phi) is 5.46. The first-order chi connectivity index (χ1) is 12.5. The number of para-hydroxylation sites is 1. The zero-order valence-electron chi connectivity index (χ0n) is 15.9. The number of nitrogens with zero attached hydrogens (tertiary/aromatic N) is 3. The first-order valence-corrected chi connectivity index (χ1v) is 9.48. The molecule has 1 amide bonds. The molecule has 26 heavy (non-hydrogen) atoms. The highest BCUT2D eigenvalue weighted by Crippen LogP contribution is 2.31. The lowest BCUT2D eigenvalue weighted by atomic mass is 10.0. The lowest BCUT2D eigenvalue weighted by molar-refractivity contribution is -0.129. The van der Waals surface area contributed by atoms with Crippen molar-refractivity contribution < 1.29 is 4.79 Å². The van der Waals surface area contributed by atoms with Crippen molar-refractivity contribution in [1.29, 1.82) is 5.26 Å². The van der Waals surface area contributed by atoms with Gasteiger partial charge in [0, 0.05) is 47.4 Å². The number of aryl methyl sites for hydroxylation is 1. The first kappa shape index (κ1) is 18.3. The molecule has 1 fully saturated rings. The molecule has 1 aromatic heterocycles. The molecule has 1 atom stereocenters. The fourth-order valence-electron chi connectivity index (χ4n) is 3.40. The van der Waals surface area contributed by atoms with Gasteiger partial charge < -0.3 is 9.47 Å². The van der Waals surface area contributed by atoms with E-state index in [0.29, 0.717) is 24.9 Å². The Bertz CT molecular complexity index is 852. The summed E-state index contributed by atoms with van der Waals surface area (Å²) in [5, 5.41) is 9.99. The minimum absolute atomic E-state index is 0.0996. The van der Waals surface area contributed by atoms with Crippen LogP contribution in [0.2, 0.25) is 0 Å². The molecule has 1 aliphatic carbocycles. The highest BCUT2D eigenvalue weighted by molar-refractivity contribution is 5.96. The lowest BCUT2D eigenvalue weighted by Gasteiger charge is -2.31. The maximum Gasteiger partial charge on any atom is 0.247 e. The molecular formula is C22H27N3O. The fourth-order valence-corrected chi connectivity index (χ4v) is 3.40. The lowest BCUT2D eigenvalue weighted by Crippen LogP contribution is -2.42. The molecule has 1 saturated carbocycles. The van der Waals surface area contributed by atoms with E-state index in [1.54, 1.807) is 6.08 Å². The summed E-state index contributed by atoms with van der Waals surface area (Å²) < 4.78 is 2.10. The zero-order valence-corrected chi connectivity index (χ0v) is 15.9. The Balaban J connectivity index is 1.85. The Morgan fingerprint density at radius 1 is 1.35 bits per heavy atom. The van der Waals surface area contributed by atoms with Gasteiger partial charge >= 0.3 is 0 Å².